The average molecular weight is 1160 g/mol. The largest absolute Gasteiger partial charge is 0.493 e. The number of amides is 5. The van der Waals surface area contributed by atoms with Gasteiger partial charge in [0.25, 0.3) is 29.5 Å². The summed E-state index contributed by atoms with van der Waals surface area (Å²) in [4.78, 5) is 76.9. The smallest absolute Gasteiger partial charge is 0.254 e. The molecule has 0 aromatic heterocycles. The van der Waals surface area contributed by atoms with Crippen LogP contribution in [0.3, 0.4) is 0 Å². The van der Waals surface area contributed by atoms with Crippen LogP contribution in [0, 0.1) is 0 Å². The number of nitrogens with zero attached hydrogens (tertiary/aromatic N) is 3. The molecule has 0 radical (unpaired) electrons. The first-order valence-electron chi connectivity index (χ1n) is 25.5. The second-order valence-electron chi connectivity index (χ2n) is 17.5. The van der Waals surface area contributed by atoms with Gasteiger partial charge in [-0.15, -0.1) is 0 Å². The molecule has 450 valence electrons. The lowest BCUT2D eigenvalue weighted by molar-refractivity contribution is 0.0616. The minimum absolute atomic E-state index is 0.0919. The predicted octanol–water partition coefficient (Wildman–Crippen LogP) is 5.40. The number of hydrogen-bond acceptors (Lipinski definition) is 20. The highest BCUT2D eigenvalue weighted by atomic mass is 16.6. The zero-order valence-corrected chi connectivity index (χ0v) is 49.4. The number of rotatable bonds is 32. The Morgan fingerprint density at radius 2 is 0.434 bits per heavy atom. The number of methoxy groups -OCH3 is 15. The quantitative estimate of drug-likeness (QED) is 0.0546. The average Bonchev–Trinajstić information content (AvgIpc) is 3.72. The van der Waals surface area contributed by atoms with Crippen molar-refractivity contribution in [3.63, 3.8) is 0 Å². The van der Waals surface area contributed by atoms with Gasteiger partial charge in [-0.05, 0) is 60.7 Å². The first-order chi connectivity index (χ1) is 40.0. The van der Waals surface area contributed by atoms with Crippen molar-refractivity contribution in [2.24, 2.45) is 0 Å². The van der Waals surface area contributed by atoms with E-state index in [1.54, 1.807) is 0 Å². The number of nitrogens with one attached hydrogen (secondary N) is 2. The minimum atomic E-state index is -0.573. The van der Waals surface area contributed by atoms with E-state index in [1.165, 1.54) is 182 Å². The van der Waals surface area contributed by atoms with Crippen molar-refractivity contribution in [1.29, 1.82) is 0 Å². The molecule has 0 saturated carbocycles. The molecule has 5 aromatic carbocycles. The summed E-state index contributed by atoms with van der Waals surface area (Å²) >= 11 is 0. The Kier molecular flexibility index (Phi) is 23.9. The van der Waals surface area contributed by atoms with Gasteiger partial charge in [-0.2, -0.15) is 0 Å². The summed E-state index contributed by atoms with van der Waals surface area (Å²) in [5, 5.41) is 5.73. The van der Waals surface area contributed by atoms with Crippen LogP contribution >= 0.6 is 0 Å². The molecule has 0 fully saturated rings. The topological polar surface area (TPSA) is 258 Å². The number of carbonyl (C=O) groups is 5. The van der Waals surface area contributed by atoms with Gasteiger partial charge < -0.3 is 96.4 Å². The maximum atomic E-state index is 15.2. The number of benzene rings is 5. The summed E-state index contributed by atoms with van der Waals surface area (Å²) < 4.78 is 83.0. The van der Waals surface area contributed by atoms with Crippen molar-refractivity contribution in [2.45, 2.75) is 0 Å². The van der Waals surface area contributed by atoms with E-state index in [0.717, 1.165) is 0 Å². The highest BCUT2D eigenvalue weighted by Crippen LogP contribution is 2.42. The molecule has 5 amide bonds. The van der Waals surface area contributed by atoms with Crippen molar-refractivity contribution >= 4 is 29.5 Å². The molecular formula is C58H73N5O20. The van der Waals surface area contributed by atoms with Crippen molar-refractivity contribution in [3.05, 3.63) is 88.5 Å². The van der Waals surface area contributed by atoms with Gasteiger partial charge in [0.2, 0.25) is 28.7 Å². The Morgan fingerprint density at radius 1 is 0.265 bits per heavy atom. The maximum absolute atomic E-state index is 15.2. The maximum Gasteiger partial charge on any atom is 0.254 e. The van der Waals surface area contributed by atoms with Crippen LogP contribution < -0.4 is 81.7 Å². The lowest BCUT2D eigenvalue weighted by Gasteiger charge is -2.31. The minimum Gasteiger partial charge on any atom is -0.493 e. The Morgan fingerprint density at radius 3 is 0.602 bits per heavy atom. The number of carbonyl (C=O) groups excluding carboxylic acids is 5. The highest BCUT2D eigenvalue weighted by Gasteiger charge is 2.29. The SMILES string of the molecule is COc1cc(C(=O)NCCN(CCN(CCN(CCNC(=O)c2cc(OC)c(OC)c(OC)c2)C(=O)c2cc(OC)c(OC)c(OC)c2)C(=O)c2cc(OC)c(OC)c(OC)c2)C(=O)c2cc(OC)c(OC)c(OC)c2)cc(OC)c1OC. The van der Waals surface area contributed by atoms with Crippen LogP contribution in [0.5, 0.6) is 86.2 Å². The van der Waals surface area contributed by atoms with Gasteiger partial charge in [-0.3, -0.25) is 24.0 Å². The summed E-state index contributed by atoms with van der Waals surface area (Å²) in [5.74, 6) is 0.684. The fourth-order valence-corrected chi connectivity index (χ4v) is 8.83. The van der Waals surface area contributed by atoms with Crippen molar-refractivity contribution in [2.75, 3.05) is 159 Å². The van der Waals surface area contributed by atoms with Crippen LogP contribution in [0.25, 0.3) is 0 Å². The van der Waals surface area contributed by atoms with Crippen LogP contribution in [-0.2, 0) is 0 Å². The van der Waals surface area contributed by atoms with E-state index in [9.17, 15) is 19.2 Å². The van der Waals surface area contributed by atoms with Crippen LogP contribution in [0.2, 0.25) is 0 Å². The first kappa shape index (κ1) is 64.3. The summed E-state index contributed by atoms with van der Waals surface area (Å²) in [6.07, 6.45) is 0. The summed E-state index contributed by atoms with van der Waals surface area (Å²) in [6.45, 7) is -1.04. The molecule has 25 nitrogen and oxygen atoms in total. The second-order valence-corrected chi connectivity index (χ2v) is 17.5. The molecule has 0 saturated heterocycles. The van der Waals surface area contributed by atoms with E-state index in [2.05, 4.69) is 10.6 Å². The van der Waals surface area contributed by atoms with Gasteiger partial charge in [0.05, 0.1) is 107 Å². The van der Waals surface area contributed by atoms with E-state index in [-0.39, 0.29) is 166 Å². The third-order valence-corrected chi connectivity index (χ3v) is 13.1. The Labute approximate surface area is 482 Å². The summed E-state index contributed by atoms with van der Waals surface area (Å²) in [6, 6.07) is 14.8. The predicted molar refractivity (Wildman–Crippen MR) is 303 cm³/mol. The fourth-order valence-electron chi connectivity index (χ4n) is 8.83. The van der Waals surface area contributed by atoms with Gasteiger partial charge in [0.15, 0.2) is 57.5 Å². The Bertz CT molecular complexity index is 2790. The molecule has 0 aliphatic heterocycles. The van der Waals surface area contributed by atoms with E-state index < -0.39 is 29.5 Å². The summed E-state index contributed by atoms with van der Waals surface area (Å²) in [5.41, 5.74) is 0.688. The molecule has 5 rings (SSSR count). The monoisotopic (exact) mass is 1160 g/mol. The Hall–Kier alpha value is -9.55. The van der Waals surface area contributed by atoms with Crippen LogP contribution in [0.15, 0.2) is 60.7 Å². The lowest BCUT2D eigenvalue weighted by Crippen LogP contribution is -2.47. The third-order valence-electron chi connectivity index (χ3n) is 13.1. The molecule has 0 unspecified atom stereocenters. The van der Waals surface area contributed by atoms with Crippen molar-refractivity contribution < 1.29 is 95.0 Å². The van der Waals surface area contributed by atoms with E-state index in [0.29, 0.717) is 0 Å². The number of ether oxygens (including phenoxy) is 15. The standard InChI is InChI=1S/C58H73N5O20/c1-69-39-24-34(25-40(70-2)49(39)79-11)54(64)59-16-18-61(56(66)36-28-43(73-5)51(81-13)44(29-36)74-6)20-22-63(58(68)38-32-47(77-9)53(83-15)48(33-38)78-10)23-21-62(57(67)37-30-45(75-7)52(82-14)46(31-37)76-8)19-17-60-55(65)35-26-41(71-3)50(80-12)42(27-35)72-4/h24-33H,16-23H2,1-15H3,(H,59,64)(H,60,65). The Balaban J connectivity index is 1.59. The zero-order chi connectivity index (χ0) is 60.9. The molecule has 0 spiro atoms. The van der Waals surface area contributed by atoms with Crippen LogP contribution in [0.4, 0.5) is 0 Å². The molecule has 25 heteroatoms. The van der Waals surface area contributed by atoms with Gasteiger partial charge >= 0.3 is 0 Å². The highest BCUT2D eigenvalue weighted by molar-refractivity contribution is 5.99. The fraction of sp³-hybridized carbons (Fsp3) is 0.397. The number of hydrogen-bond donors (Lipinski definition) is 2. The van der Waals surface area contributed by atoms with Gasteiger partial charge in [-0.1, -0.05) is 0 Å². The van der Waals surface area contributed by atoms with Crippen molar-refractivity contribution in [3.8, 4) is 86.2 Å². The van der Waals surface area contributed by atoms with Crippen molar-refractivity contribution in [1.82, 2.24) is 25.3 Å². The summed E-state index contributed by atoms with van der Waals surface area (Å²) in [7, 11) is 21.3. The van der Waals surface area contributed by atoms with Gasteiger partial charge in [0, 0.05) is 80.2 Å². The van der Waals surface area contributed by atoms with Crippen LogP contribution in [0.1, 0.15) is 51.8 Å². The molecule has 0 heterocycles. The van der Waals surface area contributed by atoms with E-state index in [1.807, 2.05) is 0 Å². The van der Waals surface area contributed by atoms with Gasteiger partial charge in [0.1, 0.15) is 0 Å². The first-order valence-corrected chi connectivity index (χ1v) is 25.5. The molecule has 0 aliphatic rings. The molecular weight excluding hydrogens is 1090 g/mol. The van der Waals surface area contributed by atoms with Crippen LogP contribution in [-0.4, -0.2) is 203 Å². The normalized spacial score (nSPS) is 10.5. The molecule has 0 aliphatic carbocycles. The molecule has 2 N–H and O–H groups in total. The molecule has 83 heavy (non-hydrogen) atoms. The molecule has 0 atom stereocenters. The lowest BCUT2D eigenvalue weighted by atomic mass is 10.1. The van der Waals surface area contributed by atoms with E-state index >= 15 is 4.79 Å². The third kappa shape index (κ3) is 15.1. The van der Waals surface area contributed by atoms with Gasteiger partial charge in [-0.25, -0.2) is 0 Å². The molecule has 5 aromatic rings. The molecule has 0 bridgehead atoms. The van der Waals surface area contributed by atoms with E-state index in [4.69, 9.17) is 71.1 Å². The second kappa shape index (κ2) is 30.9. The zero-order valence-electron chi connectivity index (χ0n) is 49.4.